The fourth-order valence-electron chi connectivity index (χ4n) is 2.90. The highest BCUT2D eigenvalue weighted by Gasteiger charge is 2.16. The third kappa shape index (κ3) is 8.47. The summed E-state index contributed by atoms with van der Waals surface area (Å²) >= 11 is 0. The van der Waals surface area contributed by atoms with Crippen LogP contribution in [0.25, 0.3) is 0 Å². The molecular formula is C19H31IN4O4S. The number of benzene rings is 1. The van der Waals surface area contributed by atoms with Crippen LogP contribution in [0.5, 0.6) is 0 Å². The summed E-state index contributed by atoms with van der Waals surface area (Å²) in [6, 6.07) is 5.19. The van der Waals surface area contributed by atoms with Gasteiger partial charge in [-0.25, -0.2) is 13.4 Å². The minimum atomic E-state index is -3.24. The van der Waals surface area contributed by atoms with Crippen LogP contribution in [0.1, 0.15) is 24.0 Å². The summed E-state index contributed by atoms with van der Waals surface area (Å²) in [7, 11) is 0.160. The molecule has 8 nitrogen and oxygen atoms in total. The normalized spacial score (nSPS) is 16.8. The first-order valence-corrected chi connectivity index (χ1v) is 11.2. The molecule has 0 bridgehead atoms. The Morgan fingerprint density at radius 2 is 2.03 bits per heavy atom. The maximum absolute atomic E-state index is 11.9. The molecule has 0 aromatic heterocycles. The number of nitrogens with one attached hydrogen (secondary N) is 2. The number of nitrogens with zero attached hydrogens (tertiary/aromatic N) is 2. The van der Waals surface area contributed by atoms with E-state index in [9.17, 15) is 13.2 Å². The Hall–Kier alpha value is -1.40. The number of guanidine groups is 1. The van der Waals surface area contributed by atoms with Crippen molar-refractivity contribution >= 4 is 45.7 Å². The highest BCUT2D eigenvalue weighted by Crippen LogP contribution is 2.17. The lowest BCUT2D eigenvalue weighted by Gasteiger charge is -2.17. The second-order valence-corrected chi connectivity index (χ2v) is 9.18. The van der Waals surface area contributed by atoms with Gasteiger partial charge in [-0.3, -0.25) is 4.79 Å². The van der Waals surface area contributed by atoms with Crippen molar-refractivity contribution in [2.45, 2.75) is 37.3 Å². The molecular weight excluding hydrogens is 507 g/mol. The van der Waals surface area contributed by atoms with E-state index in [1.807, 2.05) is 6.07 Å². The molecule has 2 N–H and O–H groups in total. The third-order valence-corrected chi connectivity index (χ3v) is 5.74. The van der Waals surface area contributed by atoms with E-state index in [0.29, 0.717) is 29.5 Å². The number of aryl methyl sites for hydroxylation is 1. The lowest BCUT2D eigenvalue weighted by Crippen LogP contribution is -2.45. The maximum Gasteiger partial charge on any atom is 0.241 e. The monoisotopic (exact) mass is 538 g/mol. The van der Waals surface area contributed by atoms with Gasteiger partial charge in [0.05, 0.1) is 24.1 Å². The zero-order valence-electron chi connectivity index (χ0n) is 17.4. The lowest BCUT2D eigenvalue weighted by molar-refractivity contribution is -0.127. The molecule has 1 aromatic rings. The van der Waals surface area contributed by atoms with Crippen molar-refractivity contribution in [2.75, 3.05) is 40.0 Å². The second kappa shape index (κ2) is 11.7. The first-order valence-electron chi connectivity index (χ1n) is 9.30. The standard InChI is InChI=1S/C19H30N4O4S.HI/c1-14-10-15(7-8-17(14)28(4,25)26)11-20-19(22-13-18(24)23(2)3)21-12-16-6-5-9-27-16;/h7-8,10,16H,5-6,9,11-13H2,1-4H3,(H2,20,21,22);1H. The predicted molar refractivity (Wildman–Crippen MR) is 125 cm³/mol. The molecule has 1 atom stereocenters. The number of halogens is 1. The Labute approximate surface area is 190 Å². The molecule has 1 aromatic carbocycles. The average molecular weight is 538 g/mol. The summed E-state index contributed by atoms with van der Waals surface area (Å²) in [5, 5.41) is 6.27. The summed E-state index contributed by atoms with van der Waals surface area (Å²) in [6.45, 7) is 3.66. The minimum absolute atomic E-state index is 0. The van der Waals surface area contributed by atoms with E-state index in [1.165, 1.54) is 11.2 Å². The second-order valence-electron chi connectivity index (χ2n) is 7.19. The summed E-state index contributed by atoms with van der Waals surface area (Å²) in [5.74, 6) is 0.468. The molecule has 2 rings (SSSR count). The van der Waals surface area contributed by atoms with Gasteiger partial charge < -0.3 is 20.3 Å². The number of carbonyl (C=O) groups is 1. The molecule has 1 fully saturated rings. The Kier molecular flexibility index (Phi) is 10.3. The molecule has 0 aliphatic carbocycles. The smallest absolute Gasteiger partial charge is 0.241 e. The summed E-state index contributed by atoms with van der Waals surface area (Å²) in [6.07, 6.45) is 3.40. The molecule has 0 saturated carbocycles. The van der Waals surface area contributed by atoms with Crippen molar-refractivity contribution in [3.63, 3.8) is 0 Å². The van der Waals surface area contributed by atoms with Gasteiger partial charge in [-0.1, -0.05) is 12.1 Å². The highest BCUT2D eigenvalue weighted by atomic mass is 127. The van der Waals surface area contributed by atoms with Gasteiger partial charge in [0.15, 0.2) is 15.8 Å². The first kappa shape index (κ1) is 25.6. The Balaban J connectivity index is 0.00000420. The number of rotatable bonds is 7. The summed E-state index contributed by atoms with van der Waals surface area (Å²) in [4.78, 5) is 18.2. The van der Waals surface area contributed by atoms with Crippen LogP contribution < -0.4 is 10.6 Å². The number of ether oxygens (including phenoxy) is 1. The number of hydrogen-bond acceptors (Lipinski definition) is 5. The van der Waals surface area contributed by atoms with Crippen LogP contribution >= 0.6 is 24.0 Å². The van der Waals surface area contributed by atoms with Crippen LogP contribution in [0.3, 0.4) is 0 Å². The average Bonchev–Trinajstić information content (AvgIpc) is 3.13. The van der Waals surface area contributed by atoms with Gasteiger partial charge in [0.25, 0.3) is 0 Å². The molecule has 1 heterocycles. The van der Waals surface area contributed by atoms with Crippen LogP contribution in [0.4, 0.5) is 0 Å². The van der Waals surface area contributed by atoms with Gasteiger partial charge in [-0.05, 0) is 37.0 Å². The fourth-order valence-corrected chi connectivity index (χ4v) is 3.86. The van der Waals surface area contributed by atoms with E-state index in [-0.39, 0.29) is 42.5 Å². The lowest BCUT2D eigenvalue weighted by atomic mass is 10.1. The maximum atomic E-state index is 11.9. The van der Waals surface area contributed by atoms with E-state index >= 15 is 0 Å². The van der Waals surface area contributed by atoms with Crippen LogP contribution in [0.15, 0.2) is 28.1 Å². The van der Waals surface area contributed by atoms with Gasteiger partial charge in [0, 0.05) is 33.5 Å². The van der Waals surface area contributed by atoms with Gasteiger partial charge in [-0.15, -0.1) is 24.0 Å². The van der Waals surface area contributed by atoms with Crippen LogP contribution in [-0.2, 0) is 25.9 Å². The number of amides is 1. The summed E-state index contributed by atoms with van der Waals surface area (Å²) in [5.41, 5.74) is 1.59. The molecule has 1 amide bonds. The number of hydrogen-bond donors (Lipinski definition) is 2. The van der Waals surface area contributed by atoms with Gasteiger partial charge in [0.2, 0.25) is 5.91 Å². The quantitative estimate of drug-likeness (QED) is 0.309. The fraction of sp³-hybridized carbons (Fsp3) is 0.579. The summed E-state index contributed by atoms with van der Waals surface area (Å²) < 4.78 is 29.1. The Bertz CT molecular complexity index is 821. The number of carbonyl (C=O) groups excluding carboxylic acids is 1. The van der Waals surface area contributed by atoms with Crippen LogP contribution in [0.2, 0.25) is 0 Å². The van der Waals surface area contributed by atoms with Crippen LogP contribution in [0, 0.1) is 6.92 Å². The first-order chi connectivity index (χ1) is 13.2. The molecule has 0 spiro atoms. The zero-order chi connectivity index (χ0) is 20.7. The van der Waals surface area contributed by atoms with Crippen molar-refractivity contribution in [3.05, 3.63) is 29.3 Å². The van der Waals surface area contributed by atoms with Crippen molar-refractivity contribution in [3.8, 4) is 0 Å². The van der Waals surface area contributed by atoms with Crippen LogP contribution in [-0.4, -0.2) is 71.3 Å². The molecule has 1 aliphatic heterocycles. The number of sulfone groups is 1. The number of likely N-dealkylation sites (N-methyl/N-ethyl adjacent to an activating group) is 1. The molecule has 10 heteroatoms. The minimum Gasteiger partial charge on any atom is -0.376 e. The molecule has 1 unspecified atom stereocenters. The van der Waals surface area contributed by atoms with Crippen molar-refractivity contribution in [2.24, 2.45) is 4.99 Å². The molecule has 1 saturated heterocycles. The van der Waals surface area contributed by atoms with E-state index in [0.717, 1.165) is 25.0 Å². The zero-order valence-corrected chi connectivity index (χ0v) is 20.5. The highest BCUT2D eigenvalue weighted by molar-refractivity contribution is 14.0. The van der Waals surface area contributed by atoms with E-state index in [1.54, 1.807) is 33.2 Å². The number of aliphatic imine (C=N–C) groups is 1. The van der Waals surface area contributed by atoms with Gasteiger partial charge >= 0.3 is 0 Å². The van der Waals surface area contributed by atoms with Crippen molar-refractivity contribution in [1.82, 2.24) is 15.5 Å². The van der Waals surface area contributed by atoms with E-state index < -0.39 is 9.84 Å². The Morgan fingerprint density at radius 3 is 2.59 bits per heavy atom. The van der Waals surface area contributed by atoms with Gasteiger partial charge in [-0.2, -0.15) is 0 Å². The van der Waals surface area contributed by atoms with E-state index in [2.05, 4.69) is 15.6 Å². The third-order valence-electron chi connectivity index (χ3n) is 4.49. The van der Waals surface area contributed by atoms with Crippen molar-refractivity contribution in [1.29, 1.82) is 0 Å². The topological polar surface area (TPSA) is 100 Å². The predicted octanol–water partition coefficient (Wildman–Crippen LogP) is 1.32. The van der Waals surface area contributed by atoms with E-state index in [4.69, 9.17) is 4.74 Å². The molecule has 1 aliphatic rings. The molecule has 164 valence electrons. The Morgan fingerprint density at radius 1 is 1.31 bits per heavy atom. The SMILES string of the molecule is Cc1cc(CN=C(NCC(=O)N(C)C)NCC2CCCO2)ccc1S(C)(=O)=O.I. The van der Waals surface area contributed by atoms with Gasteiger partial charge in [0.1, 0.15) is 0 Å². The van der Waals surface area contributed by atoms with Crippen molar-refractivity contribution < 1.29 is 17.9 Å². The molecule has 0 radical (unpaired) electrons. The largest absolute Gasteiger partial charge is 0.376 e. The molecule has 29 heavy (non-hydrogen) atoms.